The van der Waals surface area contributed by atoms with E-state index in [0.717, 1.165) is 18.8 Å². The second-order valence-electron chi connectivity index (χ2n) is 5.98. The molecule has 0 heterocycles. The summed E-state index contributed by atoms with van der Waals surface area (Å²) in [7, 11) is 0. The van der Waals surface area contributed by atoms with E-state index >= 15 is 0 Å². The highest BCUT2D eigenvalue weighted by Crippen LogP contribution is 2.35. The minimum absolute atomic E-state index is 0.310. The normalized spacial score (nSPS) is 24.0. The van der Waals surface area contributed by atoms with Gasteiger partial charge in [0.1, 0.15) is 0 Å². The summed E-state index contributed by atoms with van der Waals surface area (Å²) in [5.41, 5.74) is 2.99. The zero-order valence-corrected chi connectivity index (χ0v) is 12.8. The van der Waals surface area contributed by atoms with Crippen molar-refractivity contribution in [3.05, 3.63) is 33.8 Å². The van der Waals surface area contributed by atoms with E-state index in [9.17, 15) is 5.11 Å². The topological polar surface area (TPSA) is 32.3 Å². The third kappa shape index (κ3) is 3.39. The maximum atomic E-state index is 9.19. The van der Waals surface area contributed by atoms with Crippen molar-refractivity contribution in [2.75, 3.05) is 6.61 Å². The number of aryl methyl sites for hydroxylation is 1. The first kappa shape index (κ1) is 13.6. The summed E-state index contributed by atoms with van der Waals surface area (Å²) in [6.07, 6.45) is 7.12. The van der Waals surface area contributed by atoms with E-state index in [4.69, 9.17) is 0 Å². The molecule has 2 nitrogen and oxygen atoms in total. The monoisotopic (exact) mass is 323 g/mol. The molecule has 2 N–H and O–H groups in total. The molecule has 1 aromatic rings. The quantitative estimate of drug-likeness (QED) is 0.872. The Bertz CT molecular complexity index is 444. The van der Waals surface area contributed by atoms with Crippen LogP contribution < -0.4 is 5.32 Å². The molecule has 0 spiro atoms. The smallest absolute Gasteiger partial charge is 0.0445 e. The van der Waals surface area contributed by atoms with Crippen molar-refractivity contribution in [1.82, 2.24) is 5.32 Å². The lowest BCUT2D eigenvalue weighted by molar-refractivity contribution is 0.244. The maximum absolute atomic E-state index is 9.19. The Morgan fingerprint density at radius 1 is 1.26 bits per heavy atom. The van der Waals surface area contributed by atoms with Gasteiger partial charge < -0.3 is 10.4 Å². The van der Waals surface area contributed by atoms with Crippen LogP contribution in [0.15, 0.2) is 22.7 Å². The molecule has 2 aliphatic rings. The first-order chi connectivity index (χ1) is 9.26. The number of hydrogen-bond donors (Lipinski definition) is 2. The average Bonchev–Trinajstić information content (AvgIpc) is 3.23. The Labute approximate surface area is 123 Å². The fraction of sp³-hybridized carbons (Fsp3) is 0.625. The molecule has 0 bridgehead atoms. The summed E-state index contributed by atoms with van der Waals surface area (Å²) in [6.45, 7) is 0.310. The van der Waals surface area contributed by atoms with Crippen molar-refractivity contribution in [2.45, 2.75) is 50.6 Å². The molecule has 1 aromatic carbocycles. The van der Waals surface area contributed by atoms with Gasteiger partial charge in [0.25, 0.3) is 0 Å². The fourth-order valence-corrected chi connectivity index (χ4v) is 3.67. The van der Waals surface area contributed by atoms with Crippen molar-refractivity contribution in [1.29, 1.82) is 0 Å². The number of halogens is 1. The highest BCUT2D eigenvalue weighted by Gasteiger charge is 2.32. The van der Waals surface area contributed by atoms with Crippen molar-refractivity contribution >= 4 is 15.9 Å². The first-order valence-corrected chi connectivity index (χ1v) is 8.20. The van der Waals surface area contributed by atoms with Crippen LogP contribution in [0.5, 0.6) is 0 Å². The number of aliphatic hydroxyl groups excluding tert-OH is 1. The first-order valence-electron chi connectivity index (χ1n) is 7.40. The molecule has 19 heavy (non-hydrogen) atoms. The van der Waals surface area contributed by atoms with Gasteiger partial charge in [0, 0.05) is 23.2 Å². The number of hydrogen-bond acceptors (Lipinski definition) is 2. The minimum atomic E-state index is 0.310. The van der Waals surface area contributed by atoms with Crippen LogP contribution in [0.2, 0.25) is 0 Å². The molecule has 0 saturated heterocycles. The molecule has 2 atom stereocenters. The summed E-state index contributed by atoms with van der Waals surface area (Å²) in [4.78, 5) is 0. The molecule has 0 aliphatic heterocycles. The predicted octanol–water partition coefficient (Wildman–Crippen LogP) is 3.06. The van der Waals surface area contributed by atoms with Gasteiger partial charge in [-0.05, 0) is 67.7 Å². The molecule has 0 radical (unpaired) electrons. The van der Waals surface area contributed by atoms with E-state index in [0.29, 0.717) is 18.7 Å². The second-order valence-corrected chi connectivity index (χ2v) is 6.89. The molecular weight excluding hydrogens is 302 g/mol. The van der Waals surface area contributed by atoms with Crippen LogP contribution in [0.25, 0.3) is 0 Å². The largest absolute Gasteiger partial charge is 0.396 e. The van der Waals surface area contributed by atoms with Gasteiger partial charge in [-0.15, -0.1) is 0 Å². The van der Waals surface area contributed by atoms with Gasteiger partial charge in [0.05, 0.1) is 0 Å². The summed E-state index contributed by atoms with van der Waals surface area (Å²) >= 11 is 3.55. The fourth-order valence-electron chi connectivity index (χ4n) is 3.26. The van der Waals surface area contributed by atoms with Crippen molar-refractivity contribution in [3.63, 3.8) is 0 Å². The SMILES string of the molecule is OCC[C@H](N[C@H]1CCc2cc(Br)ccc2C1)C1CC1. The molecular formula is C16H22BrNO. The van der Waals surface area contributed by atoms with E-state index in [1.54, 1.807) is 0 Å². The molecule has 1 saturated carbocycles. The Morgan fingerprint density at radius 2 is 2.11 bits per heavy atom. The van der Waals surface area contributed by atoms with Gasteiger partial charge in [-0.1, -0.05) is 22.0 Å². The van der Waals surface area contributed by atoms with Crippen LogP contribution in [-0.4, -0.2) is 23.8 Å². The predicted molar refractivity (Wildman–Crippen MR) is 81.3 cm³/mol. The van der Waals surface area contributed by atoms with Gasteiger partial charge in [0.15, 0.2) is 0 Å². The van der Waals surface area contributed by atoms with Gasteiger partial charge in [0.2, 0.25) is 0 Å². The molecule has 0 aromatic heterocycles. The van der Waals surface area contributed by atoms with E-state index in [-0.39, 0.29) is 0 Å². The molecule has 0 unspecified atom stereocenters. The number of nitrogens with one attached hydrogen (secondary N) is 1. The zero-order valence-electron chi connectivity index (χ0n) is 11.2. The number of rotatable bonds is 5. The van der Waals surface area contributed by atoms with Crippen LogP contribution in [0, 0.1) is 5.92 Å². The highest BCUT2D eigenvalue weighted by molar-refractivity contribution is 9.10. The lowest BCUT2D eigenvalue weighted by Crippen LogP contribution is -2.43. The summed E-state index contributed by atoms with van der Waals surface area (Å²) < 4.78 is 1.19. The van der Waals surface area contributed by atoms with Gasteiger partial charge >= 0.3 is 0 Å². The zero-order chi connectivity index (χ0) is 13.2. The molecule has 104 valence electrons. The molecule has 1 fully saturated rings. The van der Waals surface area contributed by atoms with E-state index in [2.05, 4.69) is 39.4 Å². The van der Waals surface area contributed by atoms with Crippen LogP contribution in [0.3, 0.4) is 0 Å². The van der Waals surface area contributed by atoms with Gasteiger partial charge in [-0.2, -0.15) is 0 Å². The van der Waals surface area contributed by atoms with Crippen molar-refractivity contribution < 1.29 is 5.11 Å². The van der Waals surface area contributed by atoms with Crippen LogP contribution in [0.4, 0.5) is 0 Å². The summed E-state index contributed by atoms with van der Waals surface area (Å²) in [5, 5.41) is 13.0. The average molecular weight is 324 g/mol. The number of fused-ring (bicyclic) bond motifs is 1. The van der Waals surface area contributed by atoms with Gasteiger partial charge in [-0.25, -0.2) is 0 Å². The Kier molecular flexibility index (Phi) is 4.25. The Hall–Kier alpha value is -0.380. The van der Waals surface area contributed by atoms with Crippen molar-refractivity contribution in [2.24, 2.45) is 5.92 Å². The van der Waals surface area contributed by atoms with Gasteiger partial charge in [-0.3, -0.25) is 0 Å². The molecule has 3 rings (SSSR count). The standard InChI is InChI=1S/C16H22BrNO/c17-14-5-3-13-10-15(6-4-12(13)9-14)18-16(7-8-19)11-1-2-11/h3,5,9,11,15-16,18-19H,1-2,4,6-8,10H2/t15-,16-/m0/s1. The van der Waals surface area contributed by atoms with Crippen LogP contribution >= 0.6 is 15.9 Å². The lowest BCUT2D eigenvalue weighted by Gasteiger charge is -2.30. The minimum Gasteiger partial charge on any atom is -0.396 e. The molecule has 3 heteroatoms. The van der Waals surface area contributed by atoms with Crippen LogP contribution in [-0.2, 0) is 12.8 Å². The lowest BCUT2D eigenvalue weighted by atomic mass is 9.87. The molecule has 2 aliphatic carbocycles. The number of aliphatic hydroxyl groups is 1. The van der Waals surface area contributed by atoms with Crippen molar-refractivity contribution in [3.8, 4) is 0 Å². The molecule has 0 amide bonds. The highest BCUT2D eigenvalue weighted by atomic mass is 79.9. The number of benzene rings is 1. The summed E-state index contributed by atoms with van der Waals surface area (Å²) in [5.74, 6) is 0.818. The van der Waals surface area contributed by atoms with Crippen LogP contribution in [0.1, 0.15) is 36.8 Å². The third-order valence-electron chi connectivity index (χ3n) is 4.48. The second kappa shape index (κ2) is 5.94. The summed E-state index contributed by atoms with van der Waals surface area (Å²) in [6, 6.07) is 7.79. The maximum Gasteiger partial charge on any atom is 0.0445 e. The Balaban J connectivity index is 1.63. The van der Waals surface area contributed by atoms with E-state index in [1.807, 2.05) is 0 Å². The van der Waals surface area contributed by atoms with E-state index < -0.39 is 0 Å². The Morgan fingerprint density at radius 3 is 2.84 bits per heavy atom. The van der Waals surface area contributed by atoms with E-state index in [1.165, 1.54) is 41.3 Å². The third-order valence-corrected chi connectivity index (χ3v) is 4.97.